The molecular formula is C19H16O. The molecule has 0 heterocycles. The van der Waals surface area contributed by atoms with Crippen molar-refractivity contribution in [1.82, 2.24) is 0 Å². The molecule has 98 valence electrons. The third kappa shape index (κ3) is 1.97. The molecule has 0 radical (unpaired) electrons. The van der Waals surface area contributed by atoms with E-state index in [1.807, 2.05) is 0 Å². The molecule has 1 N–H and O–H groups in total. The van der Waals surface area contributed by atoms with E-state index in [0.29, 0.717) is 0 Å². The third-order valence-electron chi connectivity index (χ3n) is 3.54. The van der Waals surface area contributed by atoms with Crippen LogP contribution in [0.3, 0.4) is 0 Å². The molecule has 4 aromatic rings. The van der Waals surface area contributed by atoms with Gasteiger partial charge in [-0.05, 0) is 39.2 Å². The number of hydrogen-bond acceptors (Lipinski definition) is 1. The van der Waals surface area contributed by atoms with E-state index in [-0.39, 0.29) is 0 Å². The zero-order valence-corrected chi connectivity index (χ0v) is 11.4. The van der Waals surface area contributed by atoms with Gasteiger partial charge in [-0.25, -0.2) is 0 Å². The van der Waals surface area contributed by atoms with E-state index in [4.69, 9.17) is 5.11 Å². The standard InChI is InChI=1S/C16H10.C3H6O/c1-3-11-7-9-13-5-2-6-14-10-8-12(4-1)15(11)16(13)14;1-2-3-4/h1-10H;2-4H,1H3. The molecule has 20 heavy (non-hydrogen) atoms. The highest BCUT2D eigenvalue weighted by Crippen LogP contribution is 2.33. The molecule has 0 aliphatic rings. The van der Waals surface area contributed by atoms with Crippen LogP contribution in [0, 0.1) is 0 Å². The Bertz CT molecular complexity index is 741. The molecule has 0 aromatic heterocycles. The first-order valence-corrected chi connectivity index (χ1v) is 6.73. The van der Waals surface area contributed by atoms with Crippen LogP contribution in [0.25, 0.3) is 32.3 Å². The monoisotopic (exact) mass is 260 g/mol. The summed E-state index contributed by atoms with van der Waals surface area (Å²) in [5.41, 5.74) is 0. The third-order valence-corrected chi connectivity index (χ3v) is 3.54. The summed E-state index contributed by atoms with van der Waals surface area (Å²) in [7, 11) is 0. The number of rotatable bonds is 0. The number of aliphatic hydroxyl groups excluding tert-OH is 1. The minimum Gasteiger partial charge on any atom is -0.516 e. The second-order valence-electron chi connectivity index (χ2n) is 4.77. The van der Waals surface area contributed by atoms with Crippen molar-refractivity contribution in [2.75, 3.05) is 0 Å². The minimum atomic E-state index is 1.00. The highest BCUT2D eigenvalue weighted by Gasteiger charge is 2.05. The SMILES string of the molecule is CC=CO.c1cc2ccc3cccc4ccc(c1)c2c34. The maximum absolute atomic E-state index is 7.69. The number of benzene rings is 4. The van der Waals surface area contributed by atoms with Gasteiger partial charge in [0.15, 0.2) is 0 Å². The van der Waals surface area contributed by atoms with E-state index in [2.05, 4.69) is 60.7 Å². The summed E-state index contributed by atoms with van der Waals surface area (Å²) in [5, 5.41) is 15.8. The van der Waals surface area contributed by atoms with Gasteiger partial charge in [0.25, 0.3) is 0 Å². The first-order valence-electron chi connectivity index (χ1n) is 6.73. The van der Waals surface area contributed by atoms with Crippen LogP contribution in [0.5, 0.6) is 0 Å². The van der Waals surface area contributed by atoms with Gasteiger partial charge < -0.3 is 5.11 Å². The lowest BCUT2D eigenvalue weighted by Crippen LogP contribution is -1.82. The first kappa shape index (κ1) is 12.5. The van der Waals surface area contributed by atoms with E-state index in [0.717, 1.165) is 6.26 Å². The Morgan fingerprint density at radius 3 is 1.20 bits per heavy atom. The van der Waals surface area contributed by atoms with E-state index < -0.39 is 0 Å². The van der Waals surface area contributed by atoms with Crippen LogP contribution >= 0.6 is 0 Å². The highest BCUT2D eigenvalue weighted by atomic mass is 16.2. The van der Waals surface area contributed by atoms with Crippen LogP contribution in [0.1, 0.15) is 6.92 Å². The summed E-state index contributed by atoms with van der Waals surface area (Å²) in [4.78, 5) is 0. The van der Waals surface area contributed by atoms with Gasteiger partial charge in [0.1, 0.15) is 0 Å². The van der Waals surface area contributed by atoms with Crippen LogP contribution in [-0.4, -0.2) is 5.11 Å². The van der Waals surface area contributed by atoms with Gasteiger partial charge >= 0.3 is 0 Å². The average molecular weight is 260 g/mol. The minimum absolute atomic E-state index is 1.00. The lowest BCUT2D eigenvalue weighted by molar-refractivity contribution is 0.472. The van der Waals surface area contributed by atoms with E-state index in [9.17, 15) is 0 Å². The molecule has 1 heteroatoms. The molecule has 0 aliphatic heterocycles. The molecule has 0 unspecified atom stereocenters. The van der Waals surface area contributed by atoms with Crippen LogP contribution in [0.15, 0.2) is 73.0 Å². The van der Waals surface area contributed by atoms with Gasteiger partial charge in [0.2, 0.25) is 0 Å². The van der Waals surface area contributed by atoms with Gasteiger partial charge in [-0.1, -0.05) is 66.7 Å². The van der Waals surface area contributed by atoms with Crippen molar-refractivity contribution < 1.29 is 5.11 Å². The lowest BCUT2D eigenvalue weighted by Gasteiger charge is -2.09. The Balaban J connectivity index is 0.000000272. The van der Waals surface area contributed by atoms with Gasteiger partial charge in [0.05, 0.1) is 6.26 Å². The summed E-state index contributed by atoms with van der Waals surface area (Å²) < 4.78 is 0. The van der Waals surface area contributed by atoms with E-state index in [1.54, 1.807) is 13.0 Å². The summed E-state index contributed by atoms with van der Waals surface area (Å²) in [6.07, 6.45) is 2.56. The largest absolute Gasteiger partial charge is 0.516 e. The van der Waals surface area contributed by atoms with Crippen LogP contribution in [0.2, 0.25) is 0 Å². The predicted molar refractivity (Wildman–Crippen MR) is 87.6 cm³/mol. The topological polar surface area (TPSA) is 20.2 Å². The lowest BCUT2D eigenvalue weighted by atomic mass is 9.95. The fourth-order valence-corrected chi connectivity index (χ4v) is 2.67. The van der Waals surface area contributed by atoms with Crippen LogP contribution < -0.4 is 0 Å². The summed E-state index contributed by atoms with van der Waals surface area (Å²) in [6.45, 7) is 1.75. The predicted octanol–water partition coefficient (Wildman–Crippen LogP) is 5.66. The van der Waals surface area contributed by atoms with Gasteiger partial charge in [0, 0.05) is 0 Å². The molecule has 1 nitrogen and oxygen atoms in total. The normalized spacial score (nSPS) is 11.2. The Morgan fingerprint density at radius 2 is 0.950 bits per heavy atom. The van der Waals surface area contributed by atoms with Gasteiger partial charge in [-0.15, -0.1) is 0 Å². The van der Waals surface area contributed by atoms with Crippen molar-refractivity contribution in [3.8, 4) is 0 Å². The summed E-state index contributed by atoms with van der Waals surface area (Å²) in [6, 6.07) is 21.9. The molecule has 0 saturated heterocycles. The maximum atomic E-state index is 7.69. The van der Waals surface area contributed by atoms with Crippen molar-refractivity contribution in [3.05, 3.63) is 73.0 Å². The molecular weight excluding hydrogens is 244 g/mol. The fourth-order valence-electron chi connectivity index (χ4n) is 2.67. The molecule has 4 aromatic carbocycles. The Hall–Kier alpha value is -2.54. The molecule has 0 saturated carbocycles. The van der Waals surface area contributed by atoms with Crippen molar-refractivity contribution >= 4 is 32.3 Å². The second kappa shape index (κ2) is 5.22. The molecule has 0 amide bonds. The number of aliphatic hydroxyl groups is 1. The Kier molecular flexibility index (Phi) is 3.26. The van der Waals surface area contributed by atoms with Crippen molar-refractivity contribution in [2.24, 2.45) is 0 Å². The Morgan fingerprint density at radius 1 is 0.650 bits per heavy atom. The van der Waals surface area contributed by atoms with Crippen LogP contribution in [-0.2, 0) is 0 Å². The van der Waals surface area contributed by atoms with Crippen molar-refractivity contribution in [1.29, 1.82) is 0 Å². The summed E-state index contributed by atoms with van der Waals surface area (Å²) in [5.74, 6) is 0. The summed E-state index contributed by atoms with van der Waals surface area (Å²) >= 11 is 0. The van der Waals surface area contributed by atoms with Crippen LogP contribution in [0.4, 0.5) is 0 Å². The van der Waals surface area contributed by atoms with Gasteiger partial charge in [-0.2, -0.15) is 0 Å². The number of allylic oxidation sites excluding steroid dienone is 1. The molecule has 0 fully saturated rings. The smallest absolute Gasteiger partial charge is 0.0748 e. The van der Waals surface area contributed by atoms with E-state index >= 15 is 0 Å². The molecule has 4 rings (SSSR count). The van der Waals surface area contributed by atoms with Crippen molar-refractivity contribution in [3.63, 3.8) is 0 Å². The molecule has 0 aliphatic carbocycles. The van der Waals surface area contributed by atoms with E-state index in [1.165, 1.54) is 32.3 Å². The number of hydrogen-bond donors (Lipinski definition) is 1. The second-order valence-corrected chi connectivity index (χ2v) is 4.77. The first-order chi connectivity index (χ1) is 9.85. The molecule has 0 atom stereocenters. The van der Waals surface area contributed by atoms with Gasteiger partial charge in [-0.3, -0.25) is 0 Å². The fraction of sp³-hybridized carbons (Fsp3) is 0.0526. The zero-order chi connectivity index (χ0) is 13.9. The zero-order valence-electron chi connectivity index (χ0n) is 11.4. The highest BCUT2D eigenvalue weighted by molar-refractivity contribution is 6.22. The molecule has 0 bridgehead atoms. The van der Waals surface area contributed by atoms with Crippen molar-refractivity contribution in [2.45, 2.75) is 6.92 Å². The quantitative estimate of drug-likeness (QED) is 0.319. The Labute approximate surface area is 118 Å². The maximum Gasteiger partial charge on any atom is 0.0748 e. The average Bonchev–Trinajstić information content (AvgIpc) is 2.53. The molecule has 0 spiro atoms.